The average Bonchev–Trinajstić information content (AvgIpc) is 3.27. The summed E-state index contributed by atoms with van der Waals surface area (Å²) in [7, 11) is 0. The minimum atomic E-state index is -0.623. The van der Waals surface area contributed by atoms with Crippen LogP contribution in [-0.4, -0.2) is 4.57 Å². The van der Waals surface area contributed by atoms with Crippen LogP contribution in [0.3, 0.4) is 0 Å². The number of fused-ring (bicyclic) bond motifs is 6. The van der Waals surface area contributed by atoms with Crippen LogP contribution in [0.5, 0.6) is 0 Å². The largest absolute Gasteiger partial charge is 0.306 e. The molecule has 1 heterocycles. The van der Waals surface area contributed by atoms with E-state index in [1.54, 1.807) is 0 Å². The summed E-state index contributed by atoms with van der Waals surface area (Å²) in [6.45, 7) is 4.42. The van der Waals surface area contributed by atoms with Crippen LogP contribution in [0.2, 0.25) is 0 Å². The molecule has 4 aromatic carbocycles. The van der Waals surface area contributed by atoms with Gasteiger partial charge < -0.3 is 4.57 Å². The summed E-state index contributed by atoms with van der Waals surface area (Å²) in [5.41, 5.74) is 6.68. The van der Waals surface area contributed by atoms with Gasteiger partial charge in [0.25, 0.3) is 0 Å². The molecule has 0 N–H and O–H groups in total. The standard InChI is InChI=1S/C29H18FN3/c1-29(2)23-9-5-3-7-19(23)21-13-22-20-8-4-6-10-25(20)33(26(22)14-24(21)29)27-12-17(15-31)11-18(16-32)28(27)30/h3-14H,1-2H3. The Morgan fingerprint density at radius 1 is 0.758 bits per heavy atom. The highest BCUT2D eigenvalue weighted by molar-refractivity contribution is 6.11. The van der Waals surface area contributed by atoms with Crippen LogP contribution in [0.1, 0.15) is 36.1 Å². The zero-order valence-electron chi connectivity index (χ0n) is 18.1. The maximum atomic E-state index is 15.5. The zero-order valence-corrected chi connectivity index (χ0v) is 18.1. The highest BCUT2D eigenvalue weighted by Crippen LogP contribution is 2.50. The fourth-order valence-electron chi connectivity index (χ4n) is 5.34. The van der Waals surface area contributed by atoms with E-state index in [0.29, 0.717) is 0 Å². The second kappa shape index (κ2) is 6.55. The van der Waals surface area contributed by atoms with Gasteiger partial charge in [0, 0.05) is 16.2 Å². The van der Waals surface area contributed by atoms with E-state index in [1.165, 1.54) is 34.4 Å². The first-order valence-electron chi connectivity index (χ1n) is 10.8. The number of halogens is 1. The number of hydrogen-bond donors (Lipinski definition) is 0. The lowest BCUT2D eigenvalue weighted by Crippen LogP contribution is -2.15. The maximum absolute atomic E-state index is 15.5. The minimum Gasteiger partial charge on any atom is -0.306 e. The van der Waals surface area contributed by atoms with E-state index in [4.69, 9.17) is 0 Å². The van der Waals surface area contributed by atoms with Crippen molar-refractivity contribution in [2.45, 2.75) is 19.3 Å². The number of benzene rings is 4. The SMILES string of the molecule is CC1(C)c2ccccc2-c2cc3c4ccccc4n(-c4cc(C#N)cc(C#N)c4F)c3cc21. The van der Waals surface area contributed by atoms with Gasteiger partial charge in [-0.2, -0.15) is 10.5 Å². The van der Waals surface area contributed by atoms with E-state index in [1.807, 2.05) is 34.9 Å². The van der Waals surface area contributed by atoms with Crippen molar-refractivity contribution in [3.05, 3.63) is 101 Å². The minimum absolute atomic E-state index is 0.135. The van der Waals surface area contributed by atoms with E-state index < -0.39 is 5.82 Å². The molecule has 0 radical (unpaired) electrons. The lowest BCUT2D eigenvalue weighted by atomic mass is 9.82. The molecular formula is C29H18FN3. The number of para-hydroxylation sites is 1. The van der Waals surface area contributed by atoms with Crippen LogP contribution in [0, 0.1) is 28.5 Å². The summed E-state index contributed by atoms with van der Waals surface area (Å²) >= 11 is 0. The molecule has 1 aliphatic carbocycles. The zero-order chi connectivity index (χ0) is 22.9. The predicted molar refractivity (Wildman–Crippen MR) is 128 cm³/mol. The van der Waals surface area contributed by atoms with Crippen molar-refractivity contribution in [2.75, 3.05) is 0 Å². The number of nitriles is 2. The molecule has 0 amide bonds. The molecule has 0 atom stereocenters. The lowest BCUT2D eigenvalue weighted by molar-refractivity contribution is 0.617. The van der Waals surface area contributed by atoms with Crippen LogP contribution >= 0.6 is 0 Å². The molecule has 0 saturated carbocycles. The van der Waals surface area contributed by atoms with E-state index in [-0.39, 0.29) is 22.2 Å². The van der Waals surface area contributed by atoms with Crippen LogP contribution < -0.4 is 0 Å². The Kier molecular flexibility index (Phi) is 3.83. The normalized spacial score (nSPS) is 13.5. The Morgan fingerprint density at radius 2 is 1.52 bits per heavy atom. The Labute approximate surface area is 190 Å². The van der Waals surface area contributed by atoms with Gasteiger partial charge in [0.1, 0.15) is 6.07 Å². The van der Waals surface area contributed by atoms with Gasteiger partial charge in [-0.05, 0) is 52.6 Å². The quantitative estimate of drug-likeness (QED) is 0.290. The van der Waals surface area contributed by atoms with Crippen LogP contribution in [-0.2, 0) is 5.41 Å². The van der Waals surface area contributed by atoms with Crippen molar-refractivity contribution < 1.29 is 4.39 Å². The molecule has 0 fully saturated rings. The molecule has 0 aliphatic heterocycles. The van der Waals surface area contributed by atoms with Gasteiger partial charge in [-0.15, -0.1) is 0 Å². The molecule has 1 aliphatic rings. The number of rotatable bonds is 1. The fourth-order valence-corrected chi connectivity index (χ4v) is 5.34. The third-order valence-corrected chi connectivity index (χ3v) is 6.92. The highest BCUT2D eigenvalue weighted by Gasteiger charge is 2.36. The second-order valence-electron chi connectivity index (χ2n) is 9.02. The third-order valence-electron chi connectivity index (χ3n) is 6.92. The summed E-state index contributed by atoms with van der Waals surface area (Å²) in [6.07, 6.45) is 0. The number of hydrogen-bond acceptors (Lipinski definition) is 2. The molecule has 33 heavy (non-hydrogen) atoms. The molecule has 156 valence electrons. The number of aromatic nitrogens is 1. The van der Waals surface area contributed by atoms with Gasteiger partial charge in [0.15, 0.2) is 5.82 Å². The number of nitrogens with zero attached hydrogens (tertiary/aromatic N) is 3. The maximum Gasteiger partial charge on any atom is 0.165 e. The van der Waals surface area contributed by atoms with E-state index >= 15 is 4.39 Å². The Bertz CT molecular complexity index is 1720. The highest BCUT2D eigenvalue weighted by atomic mass is 19.1. The van der Waals surface area contributed by atoms with Crippen LogP contribution in [0.25, 0.3) is 38.6 Å². The van der Waals surface area contributed by atoms with Crippen molar-refractivity contribution >= 4 is 21.8 Å². The molecule has 0 unspecified atom stereocenters. The van der Waals surface area contributed by atoms with E-state index in [2.05, 4.69) is 56.3 Å². The molecular weight excluding hydrogens is 409 g/mol. The molecule has 0 spiro atoms. The predicted octanol–water partition coefficient (Wildman–Crippen LogP) is 6.97. The molecule has 4 heteroatoms. The summed E-state index contributed by atoms with van der Waals surface area (Å²) in [6, 6.07) is 27.4. The van der Waals surface area contributed by atoms with E-state index in [9.17, 15) is 10.5 Å². The average molecular weight is 427 g/mol. The van der Waals surface area contributed by atoms with Gasteiger partial charge in [0.2, 0.25) is 0 Å². The van der Waals surface area contributed by atoms with Crippen molar-refractivity contribution in [1.82, 2.24) is 4.57 Å². The molecule has 3 nitrogen and oxygen atoms in total. The van der Waals surface area contributed by atoms with Crippen LogP contribution in [0.15, 0.2) is 72.8 Å². The third kappa shape index (κ3) is 2.47. The first-order chi connectivity index (χ1) is 16.0. The molecule has 5 aromatic rings. The molecule has 1 aromatic heterocycles. The van der Waals surface area contributed by atoms with Gasteiger partial charge in [-0.1, -0.05) is 56.3 Å². The summed E-state index contributed by atoms with van der Waals surface area (Å²) in [4.78, 5) is 0. The fraction of sp³-hybridized carbons (Fsp3) is 0.103. The second-order valence-corrected chi connectivity index (χ2v) is 9.02. The summed E-state index contributed by atoms with van der Waals surface area (Å²) < 4.78 is 17.3. The molecule has 0 bridgehead atoms. The lowest BCUT2D eigenvalue weighted by Gasteiger charge is -2.21. The van der Waals surface area contributed by atoms with Crippen molar-refractivity contribution in [3.8, 4) is 29.0 Å². The Morgan fingerprint density at radius 3 is 2.30 bits per heavy atom. The monoisotopic (exact) mass is 427 g/mol. The molecule has 6 rings (SSSR count). The van der Waals surface area contributed by atoms with Crippen LogP contribution in [0.4, 0.5) is 4.39 Å². The molecule has 0 saturated heterocycles. The smallest absolute Gasteiger partial charge is 0.165 e. The van der Waals surface area contributed by atoms with E-state index in [0.717, 1.165) is 21.8 Å². The Hall–Kier alpha value is -4.41. The van der Waals surface area contributed by atoms with Gasteiger partial charge in [-0.3, -0.25) is 0 Å². The van der Waals surface area contributed by atoms with Gasteiger partial charge in [0.05, 0.1) is 33.9 Å². The summed E-state index contributed by atoms with van der Waals surface area (Å²) in [5.74, 6) is -0.623. The first kappa shape index (κ1) is 19.3. The van der Waals surface area contributed by atoms with Gasteiger partial charge >= 0.3 is 0 Å². The van der Waals surface area contributed by atoms with Crippen molar-refractivity contribution in [2.24, 2.45) is 0 Å². The summed E-state index contributed by atoms with van der Waals surface area (Å²) in [5, 5.41) is 21.0. The topological polar surface area (TPSA) is 52.5 Å². The van der Waals surface area contributed by atoms with Gasteiger partial charge in [-0.25, -0.2) is 4.39 Å². The Balaban J connectivity index is 1.79. The first-order valence-corrected chi connectivity index (χ1v) is 10.8. The van der Waals surface area contributed by atoms with Crippen molar-refractivity contribution in [3.63, 3.8) is 0 Å². The van der Waals surface area contributed by atoms with Crippen molar-refractivity contribution in [1.29, 1.82) is 10.5 Å².